The topological polar surface area (TPSA) is 32.7 Å². The lowest BCUT2D eigenvalue weighted by Crippen LogP contribution is -2.42. The summed E-state index contributed by atoms with van der Waals surface area (Å²) in [6.07, 6.45) is -0.390. The van der Waals surface area contributed by atoms with Crippen molar-refractivity contribution < 1.29 is 9.94 Å². The molecule has 3 aromatic carbocycles. The van der Waals surface area contributed by atoms with Crippen molar-refractivity contribution in [3.05, 3.63) is 77.9 Å². The van der Waals surface area contributed by atoms with Gasteiger partial charge in [0.15, 0.2) is 6.23 Å². The third-order valence-corrected chi connectivity index (χ3v) is 4.25. The smallest absolute Gasteiger partial charge is 0.172 e. The molecular weight excluding hydrogens is 274 g/mol. The van der Waals surface area contributed by atoms with E-state index < -0.39 is 0 Å². The fourth-order valence-corrected chi connectivity index (χ4v) is 3.20. The van der Waals surface area contributed by atoms with Gasteiger partial charge in [-0.05, 0) is 29.3 Å². The van der Waals surface area contributed by atoms with Gasteiger partial charge in [-0.1, -0.05) is 60.7 Å². The maximum atomic E-state index is 10.6. The summed E-state index contributed by atoms with van der Waals surface area (Å²) in [5.41, 5.74) is 2.07. The molecule has 0 saturated carbocycles. The van der Waals surface area contributed by atoms with Crippen molar-refractivity contribution in [3.63, 3.8) is 0 Å². The minimum Gasteiger partial charge on any atom is -0.473 e. The SMILES string of the molecule is C[C@@H]1Oc2ccc3ccccc3c2[C@H](c2ccccc2)N1O. The van der Waals surface area contributed by atoms with Gasteiger partial charge in [0.05, 0.1) is 6.04 Å². The molecule has 1 aliphatic rings. The average Bonchev–Trinajstić information content (AvgIpc) is 2.57. The zero-order chi connectivity index (χ0) is 15.1. The molecule has 3 nitrogen and oxygen atoms in total. The van der Waals surface area contributed by atoms with Crippen LogP contribution in [0.1, 0.15) is 24.1 Å². The Balaban J connectivity index is 2.01. The van der Waals surface area contributed by atoms with Crippen LogP contribution in [-0.4, -0.2) is 16.5 Å². The number of benzene rings is 3. The van der Waals surface area contributed by atoms with Crippen molar-refractivity contribution in [1.29, 1.82) is 0 Å². The van der Waals surface area contributed by atoms with Crippen LogP contribution in [0.3, 0.4) is 0 Å². The van der Waals surface area contributed by atoms with Gasteiger partial charge in [-0.2, -0.15) is 0 Å². The molecule has 4 rings (SSSR count). The second-order valence-corrected chi connectivity index (χ2v) is 5.61. The molecule has 3 heteroatoms. The van der Waals surface area contributed by atoms with E-state index in [4.69, 9.17) is 4.74 Å². The molecule has 0 saturated heterocycles. The first kappa shape index (κ1) is 13.3. The van der Waals surface area contributed by atoms with Crippen molar-refractivity contribution in [3.8, 4) is 5.75 Å². The quantitative estimate of drug-likeness (QED) is 0.723. The van der Waals surface area contributed by atoms with Gasteiger partial charge in [-0.3, -0.25) is 0 Å². The van der Waals surface area contributed by atoms with Crippen LogP contribution in [0.5, 0.6) is 5.75 Å². The number of hydroxylamine groups is 2. The van der Waals surface area contributed by atoms with Crippen molar-refractivity contribution >= 4 is 10.8 Å². The van der Waals surface area contributed by atoms with E-state index in [1.54, 1.807) is 0 Å². The zero-order valence-electron chi connectivity index (χ0n) is 12.3. The van der Waals surface area contributed by atoms with Crippen LogP contribution in [0.15, 0.2) is 66.7 Å². The van der Waals surface area contributed by atoms with E-state index in [1.807, 2.05) is 55.5 Å². The van der Waals surface area contributed by atoms with Crippen LogP contribution in [-0.2, 0) is 0 Å². The minimum absolute atomic E-state index is 0.231. The molecule has 1 aliphatic heterocycles. The van der Waals surface area contributed by atoms with Crippen LogP contribution in [0, 0.1) is 0 Å². The molecule has 3 aromatic rings. The highest BCUT2D eigenvalue weighted by atomic mass is 16.6. The molecule has 0 aromatic heterocycles. The first-order chi connectivity index (χ1) is 10.8. The number of hydrogen-bond acceptors (Lipinski definition) is 3. The van der Waals surface area contributed by atoms with Crippen molar-refractivity contribution in [1.82, 2.24) is 5.06 Å². The van der Waals surface area contributed by atoms with E-state index in [9.17, 15) is 5.21 Å². The lowest BCUT2D eigenvalue weighted by molar-refractivity contribution is -0.209. The standard InChI is InChI=1S/C19H17NO2/c1-13-20(21)19(15-8-3-2-4-9-15)18-16-10-6-5-7-14(16)11-12-17(18)22-13/h2-13,19,21H,1H3/t13-,19-/m0/s1. The van der Waals surface area contributed by atoms with E-state index in [2.05, 4.69) is 18.2 Å². The molecule has 0 unspecified atom stereocenters. The van der Waals surface area contributed by atoms with Gasteiger partial charge in [-0.15, -0.1) is 5.06 Å². The number of rotatable bonds is 1. The summed E-state index contributed by atoms with van der Waals surface area (Å²) in [5.74, 6) is 0.838. The summed E-state index contributed by atoms with van der Waals surface area (Å²) in [4.78, 5) is 0. The maximum absolute atomic E-state index is 10.6. The van der Waals surface area contributed by atoms with Crippen LogP contribution in [0.25, 0.3) is 10.8 Å². The van der Waals surface area contributed by atoms with Crippen LogP contribution >= 0.6 is 0 Å². The van der Waals surface area contributed by atoms with Crippen molar-refractivity contribution in [2.75, 3.05) is 0 Å². The van der Waals surface area contributed by atoms with Crippen molar-refractivity contribution in [2.45, 2.75) is 19.2 Å². The van der Waals surface area contributed by atoms with E-state index in [0.29, 0.717) is 0 Å². The molecule has 0 amide bonds. The average molecular weight is 291 g/mol. The Morgan fingerprint density at radius 3 is 2.45 bits per heavy atom. The molecular formula is C19H17NO2. The van der Waals surface area contributed by atoms with Gasteiger partial charge in [0.1, 0.15) is 5.75 Å². The predicted octanol–water partition coefficient (Wildman–Crippen LogP) is 4.36. The molecule has 110 valence electrons. The summed E-state index contributed by atoms with van der Waals surface area (Å²) in [6, 6.07) is 22.1. The summed E-state index contributed by atoms with van der Waals surface area (Å²) < 4.78 is 5.88. The Bertz CT molecular complexity index is 816. The van der Waals surface area contributed by atoms with Gasteiger partial charge < -0.3 is 9.94 Å². The molecule has 2 atom stereocenters. The monoisotopic (exact) mass is 291 g/mol. The summed E-state index contributed by atoms with van der Waals surface area (Å²) in [7, 11) is 0. The fourth-order valence-electron chi connectivity index (χ4n) is 3.20. The largest absolute Gasteiger partial charge is 0.473 e. The molecule has 0 aliphatic carbocycles. The predicted molar refractivity (Wildman–Crippen MR) is 85.9 cm³/mol. The highest BCUT2D eigenvalue weighted by molar-refractivity contribution is 5.88. The third-order valence-electron chi connectivity index (χ3n) is 4.25. The van der Waals surface area contributed by atoms with E-state index in [0.717, 1.165) is 27.6 Å². The van der Waals surface area contributed by atoms with Gasteiger partial charge >= 0.3 is 0 Å². The fraction of sp³-hybridized carbons (Fsp3) is 0.158. The normalized spacial score (nSPS) is 21.4. The zero-order valence-corrected chi connectivity index (χ0v) is 12.3. The van der Waals surface area contributed by atoms with E-state index in [1.165, 1.54) is 5.06 Å². The van der Waals surface area contributed by atoms with Gasteiger partial charge in [0, 0.05) is 5.56 Å². The second kappa shape index (κ2) is 5.13. The van der Waals surface area contributed by atoms with Crippen LogP contribution in [0.2, 0.25) is 0 Å². The van der Waals surface area contributed by atoms with Crippen LogP contribution in [0.4, 0.5) is 0 Å². The molecule has 0 fully saturated rings. The summed E-state index contributed by atoms with van der Waals surface area (Å²) >= 11 is 0. The number of hydrogen-bond donors (Lipinski definition) is 1. The molecule has 0 radical (unpaired) electrons. The Hall–Kier alpha value is -2.36. The Kier molecular flexibility index (Phi) is 3.10. The van der Waals surface area contributed by atoms with Gasteiger partial charge in [-0.25, -0.2) is 0 Å². The Labute approximate surface area is 129 Å². The van der Waals surface area contributed by atoms with Gasteiger partial charge in [0.2, 0.25) is 0 Å². The van der Waals surface area contributed by atoms with E-state index in [-0.39, 0.29) is 12.3 Å². The first-order valence-corrected chi connectivity index (χ1v) is 7.46. The molecule has 1 N–H and O–H groups in total. The van der Waals surface area contributed by atoms with Crippen LogP contribution < -0.4 is 4.74 Å². The highest BCUT2D eigenvalue weighted by Crippen LogP contribution is 2.43. The molecule has 0 spiro atoms. The van der Waals surface area contributed by atoms with E-state index >= 15 is 0 Å². The number of nitrogens with zero attached hydrogens (tertiary/aromatic N) is 1. The van der Waals surface area contributed by atoms with Crippen molar-refractivity contribution in [2.24, 2.45) is 0 Å². The highest BCUT2D eigenvalue weighted by Gasteiger charge is 2.35. The summed E-state index contributed by atoms with van der Waals surface area (Å²) in [5, 5.41) is 14.2. The molecule has 22 heavy (non-hydrogen) atoms. The molecule has 1 heterocycles. The molecule has 0 bridgehead atoms. The lowest BCUT2D eigenvalue weighted by Gasteiger charge is -2.38. The first-order valence-electron chi connectivity index (χ1n) is 7.46. The summed E-state index contributed by atoms with van der Waals surface area (Å²) in [6.45, 7) is 1.86. The number of fused-ring (bicyclic) bond motifs is 3. The lowest BCUT2D eigenvalue weighted by atomic mass is 9.91. The third kappa shape index (κ3) is 1.98. The number of ether oxygens (including phenoxy) is 1. The second-order valence-electron chi connectivity index (χ2n) is 5.61. The van der Waals surface area contributed by atoms with Gasteiger partial charge in [0.25, 0.3) is 0 Å². The Morgan fingerprint density at radius 2 is 1.64 bits per heavy atom. The Morgan fingerprint density at radius 1 is 0.909 bits per heavy atom. The minimum atomic E-state index is -0.390. The maximum Gasteiger partial charge on any atom is 0.172 e.